The minimum absolute atomic E-state index is 0.0544. The Hall–Kier alpha value is -1.81. The van der Waals surface area contributed by atoms with Crippen molar-refractivity contribution < 1.29 is 19.4 Å². The van der Waals surface area contributed by atoms with Gasteiger partial charge in [-0.25, -0.2) is 0 Å². The average Bonchev–Trinajstić information content (AvgIpc) is 2.41. The molecule has 1 heterocycles. The molecule has 4 heteroatoms. The van der Waals surface area contributed by atoms with Crippen LogP contribution < -0.4 is 9.47 Å². The van der Waals surface area contributed by atoms with Gasteiger partial charge in [-0.05, 0) is 30.7 Å². The van der Waals surface area contributed by atoms with Crippen LogP contribution in [-0.2, 0) is 4.79 Å². The molecule has 2 aliphatic rings. The fraction of sp³-hybridized carbons (Fsp3) is 0.357. The van der Waals surface area contributed by atoms with Crippen molar-refractivity contribution >= 4 is 11.9 Å². The van der Waals surface area contributed by atoms with Gasteiger partial charge in [0.1, 0.15) is 11.5 Å². The lowest BCUT2D eigenvalue weighted by Gasteiger charge is -2.33. The van der Waals surface area contributed by atoms with Crippen LogP contribution in [0.2, 0.25) is 0 Å². The van der Waals surface area contributed by atoms with Crippen LogP contribution in [0.4, 0.5) is 0 Å². The topological polar surface area (TPSA) is 55.8 Å². The van der Waals surface area contributed by atoms with Crippen LogP contribution in [0.15, 0.2) is 23.8 Å². The van der Waals surface area contributed by atoms with Crippen molar-refractivity contribution in [3.63, 3.8) is 0 Å². The molecule has 1 saturated carbocycles. The summed E-state index contributed by atoms with van der Waals surface area (Å²) >= 11 is 0. The number of hydrogen-bond acceptors (Lipinski definition) is 4. The van der Waals surface area contributed by atoms with E-state index < -0.39 is 12.2 Å². The molecule has 0 unspecified atom stereocenters. The van der Waals surface area contributed by atoms with E-state index in [0.29, 0.717) is 24.2 Å². The van der Waals surface area contributed by atoms with Crippen LogP contribution in [0.25, 0.3) is 6.08 Å². The van der Waals surface area contributed by atoms with Gasteiger partial charge in [-0.3, -0.25) is 4.79 Å². The molecular weight excluding hydrogens is 232 g/mol. The van der Waals surface area contributed by atoms with Crippen LogP contribution in [0.3, 0.4) is 0 Å². The maximum atomic E-state index is 11.8. The molecule has 3 rings (SSSR count). The number of methoxy groups -OCH3 is 1. The first-order valence-electron chi connectivity index (χ1n) is 5.96. The summed E-state index contributed by atoms with van der Waals surface area (Å²) in [6.07, 6.45) is 1.52. The zero-order valence-electron chi connectivity index (χ0n) is 10.1. The van der Waals surface area contributed by atoms with E-state index in [9.17, 15) is 9.90 Å². The molecule has 18 heavy (non-hydrogen) atoms. The van der Waals surface area contributed by atoms with Gasteiger partial charge < -0.3 is 14.6 Å². The molecule has 0 amide bonds. The monoisotopic (exact) mass is 246 g/mol. The second kappa shape index (κ2) is 4.14. The average molecular weight is 246 g/mol. The fourth-order valence-corrected chi connectivity index (χ4v) is 2.42. The van der Waals surface area contributed by atoms with E-state index in [1.54, 1.807) is 25.3 Å². The normalized spacial score (nSPS) is 25.7. The number of Topliss-reactive ketones (excluding diaryl/α,β-unsaturated/α-hetero) is 1. The first-order valence-corrected chi connectivity index (χ1v) is 5.96. The number of carbonyl (C=O) groups is 1. The molecule has 2 atom stereocenters. The lowest BCUT2D eigenvalue weighted by molar-refractivity contribution is -0.120. The molecule has 0 saturated heterocycles. The van der Waals surface area contributed by atoms with Gasteiger partial charge in [0.15, 0.2) is 11.9 Å². The number of ether oxygens (including phenoxy) is 2. The van der Waals surface area contributed by atoms with Crippen LogP contribution in [0.1, 0.15) is 18.4 Å². The van der Waals surface area contributed by atoms with Gasteiger partial charge in [-0.2, -0.15) is 0 Å². The number of aliphatic hydroxyl groups is 1. The summed E-state index contributed by atoms with van der Waals surface area (Å²) in [5.41, 5.74) is 1.39. The van der Waals surface area contributed by atoms with Gasteiger partial charge in [-0.1, -0.05) is 0 Å². The molecule has 1 aliphatic heterocycles. The fourth-order valence-electron chi connectivity index (χ4n) is 2.42. The van der Waals surface area contributed by atoms with E-state index in [4.69, 9.17) is 9.47 Å². The number of rotatable bonds is 1. The summed E-state index contributed by atoms with van der Waals surface area (Å²) in [5, 5.41) is 9.91. The predicted molar refractivity (Wildman–Crippen MR) is 65.6 cm³/mol. The summed E-state index contributed by atoms with van der Waals surface area (Å²) in [6, 6.07) is 5.43. The quantitative estimate of drug-likeness (QED) is 0.817. The van der Waals surface area contributed by atoms with Crippen molar-refractivity contribution in [2.75, 3.05) is 7.11 Å². The number of carbonyl (C=O) groups excluding carboxylic acids is 1. The Bertz CT molecular complexity index is 533. The Morgan fingerprint density at radius 2 is 2.28 bits per heavy atom. The zero-order chi connectivity index (χ0) is 12.7. The number of benzene rings is 1. The molecule has 0 spiro atoms. The molecule has 1 N–H and O–H groups in total. The lowest BCUT2D eigenvalue weighted by atomic mass is 9.85. The Labute approximate surface area is 105 Å². The summed E-state index contributed by atoms with van der Waals surface area (Å²) < 4.78 is 10.9. The van der Waals surface area contributed by atoms with Crippen molar-refractivity contribution in [2.24, 2.45) is 0 Å². The van der Waals surface area contributed by atoms with E-state index in [1.807, 2.05) is 6.07 Å². The van der Waals surface area contributed by atoms with Crippen LogP contribution >= 0.6 is 0 Å². The smallest absolute Gasteiger partial charge is 0.162 e. The van der Waals surface area contributed by atoms with Gasteiger partial charge in [-0.15, -0.1) is 0 Å². The van der Waals surface area contributed by atoms with Crippen molar-refractivity contribution in [3.05, 3.63) is 29.3 Å². The summed E-state index contributed by atoms with van der Waals surface area (Å²) in [6.45, 7) is 0. The van der Waals surface area contributed by atoms with Crippen molar-refractivity contribution in [1.82, 2.24) is 0 Å². The Kier molecular flexibility index (Phi) is 2.59. The van der Waals surface area contributed by atoms with Crippen LogP contribution in [-0.4, -0.2) is 30.2 Å². The molecule has 1 aromatic carbocycles. The van der Waals surface area contributed by atoms with Crippen LogP contribution in [0.5, 0.6) is 11.5 Å². The zero-order valence-corrected chi connectivity index (χ0v) is 10.1. The van der Waals surface area contributed by atoms with Gasteiger partial charge in [0.25, 0.3) is 0 Å². The van der Waals surface area contributed by atoms with E-state index in [0.717, 1.165) is 11.3 Å². The maximum absolute atomic E-state index is 11.8. The van der Waals surface area contributed by atoms with Crippen molar-refractivity contribution in [1.29, 1.82) is 0 Å². The van der Waals surface area contributed by atoms with E-state index >= 15 is 0 Å². The molecular formula is C14H14O4. The highest BCUT2D eigenvalue weighted by atomic mass is 16.5. The summed E-state index contributed by atoms with van der Waals surface area (Å²) in [5.74, 6) is 1.45. The third-order valence-corrected chi connectivity index (χ3v) is 3.43. The number of ketones is 1. The van der Waals surface area contributed by atoms with Crippen molar-refractivity contribution in [2.45, 2.75) is 25.0 Å². The van der Waals surface area contributed by atoms with Gasteiger partial charge in [0, 0.05) is 17.6 Å². The Balaban J connectivity index is 2.06. The molecule has 0 aromatic heterocycles. The number of aliphatic hydroxyl groups excluding tert-OH is 1. The molecule has 4 nitrogen and oxygen atoms in total. The van der Waals surface area contributed by atoms with Gasteiger partial charge >= 0.3 is 0 Å². The van der Waals surface area contributed by atoms with E-state index in [2.05, 4.69) is 0 Å². The van der Waals surface area contributed by atoms with E-state index in [-0.39, 0.29) is 5.78 Å². The first kappa shape index (κ1) is 11.3. The second-order valence-corrected chi connectivity index (χ2v) is 4.57. The van der Waals surface area contributed by atoms with Crippen LogP contribution in [0, 0.1) is 0 Å². The predicted octanol–water partition coefficient (Wildman–Crippen LogP) is 1.56. The third-order valence-electron chi connectivity index (χ3n) is 3.43. The Morgan fingerprint density at radius 3 is 3.06 bits per heavy atom. The largest absolute Gasteiger partial charge is 0.497 e. The molecule has 1 aromatic rings. The first-order chi connectivity index (χ1) is 8.69. The summed E-state index contributed by atoms with van der Waals surface area (Å²) in [4.78, 5) is 11.8. The standard InChI is InChI=1S/C14H14O4/c1-17-9-2-5-13-8(6-9)7-10-11(15)3-4-12(16)14(10)18-13/h2,5-7,12,14,16H,3-4H2,1H3/t12-,14+/m0/s1. The second-order valence-electron chi connectivity index (χ2n) is 4.57. The minimum Gasteiger partial charge on any atom is -0.497 e. The van der Waals surface area contributed by atoms with E-state index in [1.165, 1.54) is 0 Å². The molecule has 94 valence electrons. The van der Waals surface area contributed by atoms with Crippen molar-refractivity contribution in [3.8, 4) is 11.5 Å². The summed E-state index contributed by atoms with van der Waals surface area (Å²) in [7, 11) is 1.59. The molecule has 0 radical (unpaired) electrons. The third kappa shape index (κ3) is 1.69. The number of hydrogen-bond donors (Lipinski definition) is 1. The maximum Gasteiger partial charge on any atom is 0.162 e. The Morgan fingerprint density at radius 1 is 1.44 bits per heavy atom. The molecule has 1 aliphatic carbocycles. The lowest BCUT2D eigenvalue weighted by Crippen LogP contribution is -2.42. The highest BCUT2D eigenvalue weighted by Crippen LogP contribution is 2.36. The molecule has 1 fully saturated rings. The van der Waals surface area contributed by atoms with Gasteiger partial charge in [0.05, 0.1) is 13.2 Å². The number of fused-ring (bicyclic) bond motifs is 2. The highest BCUT2D eigenvalue weighted by Gasteiger charge is 2.37. The van der Waals surface area contributed by atoms with Gasteiger partial charge in [0.2, 0.25) is 0 Å². The minimum atomic E-state index is -0.607. The SMILES string of the molecule is COc1ccc2c(c1)C=C1C(=O)CC[C@H](O)[C@@H]1O2. The molecule has 0 bridgehead atoms. The highest BCUT2D eigenvalue weighted by molar-refractivity contribution is 6.02.